The molecule has 0 heterocycles. The Balaban J connectivity index is 6.51. The van der Waals surface area contributed by atoms with Crippen molar-refractivity contribution in [1.82, 2.24) is 0 Å². The highest BCUT2D eigenvalue weighted by Gasteiger charge is 2.63. The molecule has 0 unspecified atom stereocenters. The first-order valence-electron chi connectivity index (χ1n) is 9.01. The van der Waals surface area contributed by atoms with E-state index in [4.69, 9.17) is 0 Å². The summed E-state index contributed by atoms with van der Waals surface area (Å²) >= 11 is 0. The van der Waals surface area contributed by atoms with Crippen LogP contribution in [0.15, 0.2) is 22.8 Å². The van der Waals surface area contributed by atoms with Crippen LogP contribution < -0.4 is 0 Å². The Kier molecular flexibility index (Phi) is 10.5. The van der Waals surface area contributed by atoms with E-state index in [1.54, 1.807) is 0 Å². The molecular formula is C18H16F12O6. The van der Waals surface area contributed by atoms with Crippen LogP contribution in [0.4, 0.5) is 52.7 Å². The van der Waals surface area contributed by atoms with Crippen LogP contribution in [-0.4, -0.2) is 60.9 Å². The molecule has 18 heteroatoms. The van der Waals surface area contributed by atoms with Crippen LogP contribution in [0, 0.1) is 0 Å². The molecule has 0 aliphatic rings. The van der Waals surface area contributed by atoms with Gasteiger partial charge in [0, 0.05) is 0 Å². The molecule has 0 atom stereocenters. The first kappa shape index (κ1) is 33.0. The lowest BCUT2D eigenvalue weighted by Crippen LogP contribution is -2.51. The standard InChI is InChI=1S/C18H16F12O6/c1-6(2)5-8(7(3)4)10(31)34-9(11(32)35-13(15(19,20)21)16(22,23)24)12(33)36-14(17(25,26)27)18(28,29)30/h5,9,13-14H,1-4H3. The number of carbonyl (C=O) groups excluding carboxylic acids is 3. The Morgan fingerprint density at radius 2 is 0.889 bits per heavy atom. The first-order chi connectivity index (χ1) is 15.8. The van der Waals surface area contributed by atoms with Gasteiger partial charge in [-0.05, 0) is 33.8 Å². The molecule has 0 saturated heterocycles. The zero-order valence-corrected chi connectivity index (χ0v) is 18.3. The van der Waals surface area contributed by atoms with E-state index in [0.29, 0.717) is 0 Å². The van der Waals surface area contributed by atoms with E-state index in [-0.39, 0.29) is 11.1 Å². The lowest BCUT2D eigenvalue weighted by molar-refractivity contribution is -0.318. The fourth-order valence-corrected chi connectivity index (χ4v) is 2.05. The number of alkyl halides is 12. The number of rotatable bonds is 7. The Bertz CT molecular complexity index is 810. The van der Waals surface area contributed by atoms with Crippen LogP contribution in [0.5, 0.6) is 0 Å². The third-order valence-electron chi connectivity index (χ3n) is 3.50. The van der Waals surface area contributed by atoms with Crippen LogP contribution >= 0.6 is 0 Å². The molecule has 208 valence electrons. The van der Waals surface area contributed by atoms with Crippen molar-refractivity contribution >= 4 is 17.9 Å². The summed E-state index contributed by atoms with van der Waals surface area (Å²) in [7, 11) is 0. The molecule has 6 nitrogen and oxygen atoms in total. The SMILES string of the molecule is CC(C)=CC(C(=O)OC(C(=O)OC(C(F)(F)F)C(F)(F)F)C(=O)OC(C(F)(F)F)C(F)(F)F)=C(C)C. The number of hydrogen-bond donors (Lipinski definition) is 0. The highest BCUT2D eigenvalue weighted by molar-refractivity contribution is 6.02. The molecule has 0 fully saturated rings. The van der Waals surface area contributed by atoms with Gasteiger partial charge in [-0.25, -0.2) is 14.4 Å². The average Bonchev–Trinajstić information content (AvgIpc) is 2.61. The second kappa shape index (κ2) is 11.4. The second-order valence-electron chi connectivity index (χ2n) is 7.22. The van der Waals surface area contributed by atoms with Gasteiger partial charge in [-0.3, -0.25) is 0 Å². The predicted molar refractivity (Wildman–Crippen MR) is 91.7 cm³/mol. The van der Waals surface area contributed by atoms with Crippen molar-refractivity contribution in [3.63, 3.8) is 0 Å². The third-order valence-corrected chi connectivity index (χ3v) is 3.50. The zero-order chi connectivity index (χ0) is 29.0. The maximum atomic E-state index is 12.7. The molecule has 0 rings (SSSR count). The van der Waals surface area contributed by atoms with E-state index in [2.05, 4.69) is 14.2 Å². The highest BCUT2D eigenvalue weighted by Crippen LogP contribution is 2.38. The Hall–Kier alpha value is -2.95. The fourth-order valence-electron chi connectivity index (χ4n) is 2.05. The molecule has 0 radical (unpaired) electrons. The minimum absolute atomic E-state index is 0.0198. The molecule has 0 aromatic heterocycles. The minimum Gasteiger partial charge on any atom is -0.440 e. The van der Waals surface area contributed by atoms with Crippen molar-refractivity contribution in [3.05, 3.63) is 22.8 Å². The number of hydrogen-bond acceptors (Lipinski definition) is 6. The Morgan fingerprint density at radius 3 is 1.11 bits per heavy atom. The van der Waals surface area contributed by atoms with Crippen molar-refractivity contribution in [3.8, 4) is 0 Å². The molecule has 0 N–H and O–H groups in total. The van der Waals surface area contributed by atoms with Crippen molar-refractivity contribution in [2.45, 2.75) is 70.7 Å². The molecule has 0 amide bonds. The van der Waals surface area contributed by atoms with E-state index in [1.165, 1.54) is 27.7 Å². The summed E-state index contributed by atoms with van der Waals surface area (Å²) < 4.78 is 162. The molecule has 0 aliphatic carbocycles. The molecular weight excluding hydrogens is 540 g/mol. The largest absolute Gasteiger partial charge is 0.440 e. The molecule has 0 aromatic carbocycles. The quantitative estimate of drug-likeness (QED) is 0.106. The predicted octanol–water partition coefficient (Wildman–Crippen LogP) is 5.27. The van der Waals surface area contributed by atoms with Crippen molar-refractivity contribution in [2.24, 2.45) is 0 Å². The van der Waals surface area contributed by atoms with Gasteiger partial charge in [0.1, 0.15) is 0 Å². The van der Waals surface area contributed by atoms with Gasteiger partial charge in [0.15, 0.2) is 0 Å². The Labute approximate surface area is 193 Å². The summed E-state index contributed by atoms with van der Waals surface area (Å²) in [6.45, 7) is 5.05. The van der Waals surface area contributed by atoms with E-state index in [9.17, 15) is 67.1 Å². The van der Waals surface area contributed by atoms with E-state index in [1.807, 2.05) is 0 Å². The monoisotopic (exact) mass is 556 g/mol. The van der Waals surface area contributed by atoms with Gasteiger partial charge < -0.3 is 14.2 Å². The molecule has 0 spiro atoms. The van der Waals surface area contributed by atoms with Crippen molar-refractivity contribution < 1.29 is 81.3 Å². The summed E-state index contributed by atoms with van der Waals surface area (Å²) in [6.07, 6.45) is -38.5. The van der Waals surface area contributed by atoms with Gasteiger partial charge in [0.25, 0.3) is 18.3 Å². The number of carbonyl (C=O) groups is 3. The molecule has 0 aromatic rings. The summed E-state index contributed by atoms with van der Waals surface area (Å²) in [5.41, 5.74) is -0.339. The van der Waals surface area contributed by atoms with Crippen LogP contribution in [0.1, 0.15) is 27.7 Å². The van der Waals surface area contributed by atoms with Gasteiger partial charge in [-0.2, -0.15) is 52.7 Å². The van der Waals surface area contributed by atoms with Crippen LogP contribution in [0.3, 0.4) is 0 Å². The van der Waals surface area contributed by atoms with E-state index < -0.39 is 66.5 Å². The van der Waals surface area contributed by atoms with E-state index >= 15 is 0 Å². The van der Waals surface area contributed by atoms with Gasteiger partial charge >= 0.3 is 42.6 Å². The topological polar surface area (TPSA) is 78.9 Å². The third kappa shape index (κ3) is 9.96. The van der Waals surface area contributed by atoms with Crippen LogP contribution in [0.25, 0.3) is 0 Å². The van der Waals surface area contributed by atoms with Gasteiger partial charge in [-0.15, -0.1) is 0 Å². The molecule has 0 bridgehead atoms. The van der Waals surface area contributed by atoms with Crippen molar-refractivity contribution in [2.75, 3.05) is 0 Å². The highest BCUT2D eigenvalue weighted by atomic mass is 19.4. The first-order valence-corrected chi connectivity index (χ1v) is 9.01. The smallest absolute Gasteiger partial charge is 0.434 e. The normalized spacial score (nSPS) is 13.0. The maximum absolute atomic E-state index is 12.7. The number of allylic oxidation sites excluding steroid dienone is 2. The number of ether oxygens (including phenoxy) is 3. The summed E-state index contributed by atoms with van der Waals surface area (Å²) in [5, 5.41) is 0. The van der Waals surface area contributed by atoms with Crippen LogP contribution in [-0.2, 0) is 28.6 Å². The molecule has 0 aliphatic heterocycles. The van der Waals surface area contributed by atoms with E-state index in [0.717, 1.165) is 6.08 Å². The van der Waals surface area contributed by atoms with Crippen LogP contribution in [0.2, 0.25) is 0 Å². The summed E-state index contributed by atoms with van der Waals surface area (Å²) in [6, 6.07) is 0. The van der Waals surface area contributed by atoms with Crippen molar-refractivity contribution in [1.29, 1.82) is 0 Å². The molecule has 36 heavy (non-hydrogen) atoms. The number of esters is 3. The fraction of sp³-hybridized carbons (Fsp3) is 0.611. The lowest BCUT2D eigenvalue weighted by Gasteiger charge is -2.26. The van der Waals surface area contributed by atoms with Gasteiger partial charge in [0.2, 0.25) is 0 Å². The minimum atomic E-state index is -6.40. The van der Waals surface area contributed by atoms with Gasteiger partial charge in [0.05, 0.1) is 5.57 Å². The Morgan fingerprint density at radius 1 is 0.583 bits per heavy atom. The average molecular weight is 556 g/mol. The second-order valence-corrected chi connectivity index (χ2v) is 7.22. The number of halogens is 12. The molecule has 0 saturated carbocycles. The van der Waals surface area contributed by atoms with Gasteiger partial charge in [-0.1, -0.05) is 11.1 Å². The maximum Gasteiger partial charge on any atom is 0.434 e. The summed E-state index contributed by atoms with van der Waals surface area (Å²) in [4.78, 5) is 36.1. The lowest BCUT2D eigenvalue weighted by atomic mass is 10.1. The summed E-state index contributed by atoms with van der Waals surface area (Å²) in [5.74, 6) is -8.12. The zero-order valence-electron chi connectivity index (χ0n) is 18.3.